The van der Waals surface area contributed by atoms with E-state index < -0.39 is 12.0 Å². The smallest absolute Gasteiger partial charge is 0.326 e. The summed E-state index contributed by atoms with van der Waals surface area (Å²) in [6, 6.07) is 1.98. The highest BCUT2D eigenvalue weighted by Gasteiger charge is 2.38. The summed E-state index contributed by atoms with van der Waals surface area (Å²) in [6.45, 7) is 5.55. The average Bonchev–Trinajstić information content (AvgIpc) is 3.21. The fraction of sp³-hybridized carbons (Fsp3) is 0.562. The minimum absolute atomic E-state index is 0.0357. The molecule has 22 heavy (non-hydrogen) atoms. The minimum Gasteiger partial charge on any atom is -0.480 e. The molecule has 1 heterocycles. The van der Waals surface area contributed by atoms with Crippen molar-refractivity contribution in [1.82, 2.24) is 9.88 Å². The van der Waals surface area contributed by atoms with Crippen LogP contribution >= 0.6 is 0 Å². The predicted molar refractivity (Wildman–Crippen MR) is 81.9 cm³/mol. The standard InChI is InChI=1S/C16H22N2O4/c1-9(2)6-12-7-11(8-14(19)17-12)15(20)18(13-4-5-13)10(3)16(21)22/h7-10,13H,4-6H2,1-3H3,(H,17,19)(H,21,22). The number of aromatic amines is 1. The van der Waals surface area contributed by atoms with Gasteiger partial charge in [0.25, 0.3) is 5.91 Å². The zero-order valence-electron chi connectivity index (χ0n) is 13.1. The van der Waals surface area contributed by atoms with Crippen LogP contribution in [0.5, 0.6) is 0 Å². The van der Waals surface area contributed by atoms with Crippen molar-refractivity contribution in [3.05, 3.63) is 33.7 Å². The van der Waals surface area contributed by atoms with Crippen LogP contribution in [0, 0.1) is 5.92 Å². The van der Waals surface area contributed by atoms with Gasteiger partial charge in [-0.05, 0) is 38.2 Å². The molecule has 1 amide bonds. The molecule has 0 saturated heterocycles. The number of carboxylic acid groups (broad SMARTS) is 1. The highest BCUT2D eigenvalue weighted by Crippen LogP contribution is 2.30. The normalized spacial score (nSPS) is 15.6. The van der Waals surface area contributed by atoms with Gasteiger partial charge in [0.05, 0.1) is 0 Å². The number of hydrogen-bond donors (Lipinski definition) is 2. The molecule has 0 bridgehead atoms. The molecular formula is C16H22N2O4. The number of rotatable bonds is 6. The Labute approximate surface area is 129 Å². The van der Waals surface area contributed by atoms with Gasteiger partial charge in [-0.2, -0.15) is 0 Å². The van der Waals surface area contributed by atoms with Crippen molar-refractivity contribution in [2.45, 2.75) is 52.1 Å². The SMILES string of the molecule is CC(C)Cc1cc(C(=O)N(C2CC2)C(C)C(=O)O)cc(=O)[nH]1. The van der Waals surface area contributed by atoms with E-state index in [9.17, 15) is 19.5 Å². The molecule has 1 saturated carbocycles. The first kappa shape index (κ1) is 16.3. The molecule has 1 aliphatic rings. The third kappa shape index (κ3) is 3.75. The Bertz CT molecular complexity index is 631. The Morgan fingerprint density at radius 1 is 1.32 bits per heavy atom. The summed E-state index contributed by atoms with van der Waals surface area (Å²) in [5.41, 5.74) is 0.629. The molecule has 120 valence electrons. The minimum atomic E-state index is -1.03. The van der Waals surface area contributed by atoms with Crippen molar-refractivity contribution in [2.24, 2.45) is 5.92 Å². The van der Waals surface area contributed by atoms with Crippen LogP contribution in [0.25, 0.3) is 0 Å². The van der Waals surface area contributed by atoms with Gasteiger partial charge in [-0.1, -0.05) is 13.8 Å². The van der Waals surface area contributed by atoms with Gasteiger partial charge in [-0.25, -0.2) is 4.79 Å². The van der Waals surface area contributed by atoms with Crippen molar-refractivity contribution in [3.8, 4) is 0 Å². The number of aromatic nitrogens is 1. The molecule has 2 N–H and O–H groups in total. The molecule has 2 rings (SSSR count). The Hall–Kier alpha value is -2.11. The molecular weight excluding hydrogens is 284 g/mol. The number of carbonyl (C=O) groups excluding carboxylic acids is 1. The fourth-order valence-electron chi connectivity index (χ4n) is 2.55. The number of hydrogen-bond acceptors (Lipinski definition) is 3. The Morgan fingerprint density at radius 2 is 1.95 bits per heavy atom. The maximum atomic E-state index is 12.7. The summed E-state index contributed by atoms with van der Waals surface area (Å²) in [6.07, 6.45) is 2.28. The van der Waals surface area contributed by atoms with Crippen molar-refractivity contribution < 1.29 is 14.7 Å². The number of nitrogens with zero attached hydrogens (tertiary/aromatic N) is 1. The van der Waals surface area contributed by atoms with Crippen LogP contribution < -0.4 is 5.56 Å². The second kappa shape index (κ2) is 6.34. The summed E-state index contributed by atoms with van der Waals surface area (Å²) in [7, 11) is 0. The van der Waals surface area contributed by atoms with Crippen LogP contribution in [-0.2, 0) is 11.2 Å². The van der Waals surface area contributed by atoms with Gasteiger partial charge in [0.2, 0.25) is 5.56 Å². The van der Waals surface area contributed by atoms with Gasteiger partial charge in [-0.3, -0.25) is 9.59 Å². The first-order valence-corrected chi connectivity index (χ1v) is 7.58. The molecule has 1 aromatic rings. The van der Waals surface area contributed by atoms with E-state index >= 15 is 0 Å². The molecule has 1 aromatic heterocycles. The van der Waals surface area contributed by atoms with Gasteiger partial charge < -0.3 is 15.0 Å². The van der Waals surface area contributed by atoms with Crippen LogP contribution in [0.15, 0.2) is 16.9 Å². The highest BCUT2D eigenvalue weighted by molar-refractivity contribution is 5.97. The predicted octanol–water partition coefficient (Wildman–Crippen LogP) is 1.65. The van der Waals surface area contributed by atoms with Crippen LogP contribution in [0.1, 0.15) is 49.7 Å². The van der Waals surface area contributed by atoms with E-state index in [1.165, 1.54) is 17.9 Å². The van der Waals surface area contributed by atoms with E-state index in [1.807, 2.05) is 13.8 Å². The van der Waals surface area contributed by atoms with E-state index in [0.29, 0.717) is 18.0 Å². The summed E-state index contributed by atoms with van der Waals surface area (Å²) < 4.78 is 0. The van der Waals surface area contributed by atoms with E-state index in [-0.39, 0.29) is 23.1 Å². The van der Waals surface area contributed by atoms with Crippen molar-refractivity contribution in [3.63, 3.8) is 0 Å². The molecule has 0 aromatic carbocycles. The molecule has 0 spiro atoms. The molecule has 1 aliphatic carbocycles. The lowest BCUT2D eigenvalue weighted by molar-refractivity contribution is -0.141. The maximum absolute atomic E-state index is 12.7. The van der Waals surface area contributed by atoms with Gasteiger partial charge >= 0.3 is 5.97 Å². The number of pyridine rings is 1. The van der Waals surface area contributed by atoms with Gasteiger partial charge in [0.1, 0.15) is 6.04 Å². The maximum Gasteiger partial charge on any atom is 0.326 e. The third-order valence-corrected chi connectivity index (χ3v) is 3.72. The molecule has 1 atom stereocenters. The number of amides is 1. The van der Waals surface area contributed by atoms with Gasteiger partial charge in [0.15, 0.2) is 0 Å². The summed E-state index contributed by atoms with van der Waals surface area (Å²) in [5.74, 6) is -1.07. The number of aliphatic carboxylic acids is 1. The highest BCUT2D eigenvalue weighted by atomic mass is 16.4. The first-order valence-electron chi connectivity index (χ1n) is 7.58. The van der Waals surface area contributed by atoms with E-state index in [2.05, 4.69) is 4.98 Å². The van der Waals surface area contributed by atoms with Crippen molar-refractivity contribution in [1.29, 1.82) is 0 Å². The van der Waals surface area contributed by atoms with Gasteiger partial charge in [0, 0.05) is 23.4 Å². The zero-order chi connectivity index (χ0) is 16.4. The number of carboxylic acids is 1. The van der Waals surface area contributed by atoms with E-state index in [1.54, 1.807) is 6.07 Å². The zero-order valence-corrected chi connectivity index (χ0v) is 13.1. The van der Waals surface area contributed by atoms with Crippen molar-refractivity contribution >= 4 is 11.9 Å². The van der Waals surface area contributed by atoms with Crippen LogP contribution in [0.2, 0.25) is 0 Å². The van der Waals surface area contributed by atoms with E-state index in [0.717, 1.165) is 12.8 Å². The van der Waals surface area contributed by atoms with E-state index in [4.69, 9.17) is 0 Å². The second-order valence-corrected chi connectivity index (χ2v) is 6.31. The Kier molecular flexibility index (Phi) is 4.68. The summed E-state index contributed by atoms with van der Waals surface area (Å²) in [5, 5.41) is 9.19. The van der Waals surface area contributed by atoms with Crippen LogP contribution in [-0.4, -0.2) is 39.0 Å². The third-order valence-electron chi connectivity index (χ3n) is 3.72. The van der Waals surface area contributed by atoms with Crippen LogP contribution in [0.4, 0.5) is 0 Å². The number of H-pyrrole nitrogens is 1. The molecule has 1 unspecified atom stereocenters. The number of nitrogens with one attached hydrogen (secondary N) is 1. The largest absolute Gasteiger partial charge is 0.480 e. The monoisotopic (exact) mass is 306 g/mol. The number of carbonyl (C=O) groups is 2. The molecule has 0 aliphatic heterocycles. The van der Waals surface area contributed by atoms with Crippen LogP contribution in [0.3, 0.4) is 0 Å². The second-order valence-electron chi connectivity index (χ2n) is 6.31. The molecule has 0 radical (unpaired) electrons. The molecule has 6 nitrogen and oxygen atoms in total. The lowest BCUT2D eigenvalue weighted by atomic mass is 10.1. The topological polar surface area (TPSA) is 90.5 Å². The average molecular weight is 306 g/mol. The van der Waals surface area contributed by atoms with Gasteiger partial charge in [-0.15, -0.1) is 0 Å². The summed E-state index contributed by atoms with van der Waals surface area (Å²) in [4.78, 5) is 39.8. The summed E-state index contributed by atoms with van der Waals surface area (Å²) >= 11 is 0. The quantitative estimate of drug-likeness (QED) is 0.836. The van der Waals surface area contributed by atoms with Crippen molar-refractivity contribution in [2.75, 3.05) is 0 Å². The Morgan fingerprint density at radius 3 is 2.45 bits per heavy atom. The first-order chi connectivity index (χ1) is 10.3. The molecule has 6 heteroatoms. The Balaban J connectivity index is 2.32. The fourth-order valence-corrected chi connectivity index (χ4v) is 2.55. The lowest BCUT2D eigenvalue weighted by Gasteiger charge is -2.26. The lowest BCUT2D eigenvalue weighted by Crippen LogP contribution is -2.45. The molecule has 1 fully saturated rings.